The van der Waals surface area contributed by atoms with Crippen molar-refractivity contribution in [1.82, 2.24) is 9.78 Å². The Morgan fingerprint density at radius 1 is 1.40 bits per heavy atom. The van der Waals surface area contributed by atoms with E-state index in [9.17, 15) is 4.79 Å². The van der Waals surface area contributed by atoms with Crippen LogP contribution in [0.15, 0.2) is 30.5 Å². The van der Waals surface area contributed by atoms with Gasteiger partial charge in [0.25, 0.3) is 0 Å². The summed E-state index contributed by atoms with van der Waals surface area (Å²) in [5.41, 5.74) is 3.89. The van der Waals surface area contributed by atoms with Crippen molar-refractivity contribution in [3.05, 3.63) is 41.7 Å². The Hall–Kier alpha value is -1.90. The monoisotopic (exact) mass is 200 g/mol. The lowest BCUT2D eigenvalue weighted by atomic mass is 10.0. The number of aldehydes is 1. The van der Waals surface area contributed by atoms with Crippen LogP contribution >= 0.6 is 0 Å². The van der Waals surface area contributed by atoms with Gasteiger partial charge in [0.1, 0.15) is 6.29 Å². The molecular weight excluding hydrogens is 188 g/mol. The van der Waals surface area contributed by atoms with Crippen LogP contribution in [0.25, 0.3) is 11.1 Å². The first-order valence-electron chi connectivity index (χ1n) is 4.76. The fraction of sp³-hybridized carbons (Fsp3) is 0.167. The largest absolute Gasteiger partial charge is 0.298 e. The maximum Gasteiger partial charge on any atom is 0.150 e. The second-order valence-electron chi connectivity index (χ2n) is 3.51. The number of carbonyl (C=O) groups is 1. The average molecular weight is 200 g/mol. The first-order valence-corrected chi connectivity index (χ1v) is 4.76. The molecule has 0 saturated heterocycles. The third-order valence-corrected chi connectivity index (χ3v) is 2.57. The summed E-state index contributed by atoms with van der Waals surface area (Å²) >= 11 is 0. The number of aryl methyl sites for hydroxylation is 1. The molecule has 0 aliphatic rings. The number of benzene rings is 1. The van der Waals surface area contributed by atoms with Gasteiger partial charge in [-0.3, -0.25) is 9.48 Å². The summed E-state index contributed by atoms with van der Waals surface area (Å²) in [6.45, 7) is 2.01. The second kappa shape index (κ2) is 3.69. The van der Waals surface area contributed by atoms with Gasteiger partial charge in [-0.15, -0.1) is 0 Å². The Morgan fingerprint density at radius 2 is 2.20 bits per heavy atom. The Morgan fingerprint density at radius 3 is 2.80 bits per heavy atom. The molecule has 0 amide bonds. The van der Waals surface area contributed by atoms with Gasteiger partial charge >= 0.3 is 0 Å². The lowest BCUT2D eigenvalue weighted by Gasteiger charge is -2.01. The molecule has 0 saturated carbocycles. The second-order valence-corrected chi connectivity index (χ2v) is 3.51. The molecule has 0 aliphatic heterocycles. The van der Waals surface area contributed by atoms with Crippen molar-refractivity contribution in [3.63, 3.8) is 0 Å². The third-order valence-electron chi connectivity index (χ3n) is 2.57. The molecule has 0 radical (unpaired) electrons. The quantitative estimate of drug-likeness (QED) is 0.696. The van der Waals surface area contributed by atoms with Crippen LogP contribution in [0, 0.1) is 6.92 Å². The average Bonchev–Trinajstić information content (AvgIpc) is 2.60. The first-order chi connectivity index (χ1) is 7.22. The van der Waals surface area contributed by atoms with Crippen LogP contribution in [0.4, 0.5) is 0 Å². The number of hydrogen-bond donors (Lipinski definition) is 0. The van der Waals surface area contributed by atoms with Gasteiger partial charge < -0.3 is 0 Å². The molecule has 0 atom stereocenters. The number of carbonyl (C=O) groups excluding carboxylic acids is 1. The molecule has 0 unspecified atom stereocenters. The predicted molar refractivity (Wildman–Crippen MR) is 58.8 cm³/mol. The van der Waals surface area contributed by atoms with E-state index < -0.39 is 0 Å². The van der Waals surface area contributed by atoms with E-state index in [1.165, 1.54) is 0 Å². The van der Waals surface area contributed by atoms with Gasteiger partial charge in [-0.05, 0) is 18.6 Å². The Bertz CT molecular complexity index is 500. The summed E-state index contributed by atoms with van der Waals surface area (Å²) < 4.78 is 1.82. The molecule has 1 aromatic carbocycles. The lowest BCUT2D eigenvalue weighted by molar-refractivity contribution is 0.112. The van der Waals surface area contributed by atoms with Gasteiger partial charge in [-0.1, -0.05) is 18.2 Å². The van der Waals surface area contributed by atoms with Crippen LogP contribution in [0.1, 0.15) is 16.1 Å². The molecular formula is C12H12N2O. The van der Waals surface area contributed by atoms with E-state index in [4.69, 9.17) is 0 Å². The highest BCUT2D eigenvalue weighted by Crippen LogP contribution is 2.22. The third kappa shape index (κ3) is 1.68. The standard InChI is InChI=1S/C12H12N2O/c1-9-12(7-13-14(9)2)11-5-3-4-10(6-11)8-15/h3-8H,1-2H3. The highest BCUT2D eigenvalue weighted by atomic mass is 16.1. The molecule has 0 aliphatic carbocycles. The van der Waals surface area contributed by atoms with Crippen molar-refractivity contribution >= 4 is 6.29 Å². The summed E-state index contributed by atoms with van der Waals surface area (Å²) in [6, 6.07) is 7.53. The summed E-state index contributed by atoms with van der Waals surface area (Å²) in [5.74, 6) is 0. The van der Waals surface area contributed by atoms with E-state index in [2.05, 4.69) is 5.10 Å². The van der Waals surface area contributed by atoms with Gasteiger partial charge in [0.15, 0.2) is 0 Å². The molecule has 0 N–H and O–H groups in total. The molecule has 76 valence electrons. The molecule has 0 fully saturated rings. The zero-order chi connectivity index (χ0) is 10.8. The van der Waals surface area contributed by atoms with Gasteiger partial charge in [-0.2, -0.15) is 5.10 Å². The minimum atomic E-state index is 0.691. The summed E-state index contributed by atoms with van der Waals surface area (Å²) in [4.78, 5) is 10.7. The van der Waals surface area contributed by atoms with Crippen molar-refractivity contribution in [2.45, 2.75) is 6.92 Å². The molecule has 2 rings (SSSR count). The van der Waals surface area contributed by atoms with Crippen LogP contribution in [-0.2, 0) is 7.05 Å². The molecule has 3 nitrogen and oxygen atoms in total. The maximum atomic E-state index is 10.7. The van der Waals surface area contributed by atoms with Crippen molar-refractivity contribution in [1.29, 1.82) is 0 Å². The zero-order valence-electron chi connectivity index (χ0n) is 8.77. The fourth-order valence-electron chi connectivity index (χ4n) is 1.56. The smallest absolute Gasteiger partial charge is 0.150 e. The van der Waals surface area contributed by atoms with E-state index in [-0.39, 0.29) is 0 Å². The molecule has 1 heterocycles. The number of nitrogens with zero attached hydrogens (tertiary/aromatic N) is 2. The lowest BCUT2D eigenvalue weighted by Crippen LogP contribution is -1.92. The number of rotatable bonds is 2. The van der Waals surface area contributed by atoms with Gasteiger partial charge in [0.05, 0.1) is 6.20 Å². The molecule has 2 aromatic rings. The van der Waals surface area contributed by atoms with Crippen LogP contribution < -0.4 is 0 Å². The fourth-order valence-corrected chi connectivity index (χ4v) is 1.56. The van der Waals surface area contributed by atoms with Gasteiger partial charge in [0.2, 0.25) is 0 Å². The summed E-state index contributed by atoms with van der Waals surface area (Å²) in [6.07, 6.45) is 2.68. The van der Waals surface area contributed by atoms with Crippen molar-refractivity contribution in [2.24, 2.45) is 7.05 Å². The summed E-state index contributed by atoms with van der Waals surface area (Å²) in [7, 11) is 1.91. The van der Waals surface area contributed by atoms with Crippen molar-refractivity contribution in [2.75, 3.05) is 0 Å². The zero-order valence-corrected chi connectivity index (χ0v) is 8.77. The molecule has 0 spiro atoms. The van der Waals surface area contributed by atoms with Crippen molar-refractivity contribution < 1.29 is 4.79 Å². The minimum Gasteiger partial charge on any atom is -0.298 e. The molecule has 15 heavy (non-hydrogen) atoms. The van der Waals surface area contributed by atoms with Gasteiger partial charge in [0, 0.05) is 23.9 Å². The predicted octanol–water partition coefficient (Wildman–Crippen LogP) is 2.21. The van der Waals surface area contributed by atoms with Crippen LogP contribution in [0.2, 0.25) is 0 Å². The molecule has 1 aromatic heterocycles. The minimum absolute atomic E-state index is 0.691. The van der Waals surface area contributed by atoms with Crippen LogP contribution in [-0.4, -0.2) is 16.1 Å². The van der Waals surface area contributed by atoms with E-state index in [0.29, 0.717) is 5.56 Å². The Labute approximate surface area is 88.4 Å². The topological polar surface area (TPSA) is 34.9 Å². The highest BCUT2D eigenvalue weighted by molar-refractivity contribution is 5.79. The number of hydrogen-bond acceptors (Lipinski definition) is 2. The van der Waals surface area contributed by atoms with E-state index in [1.807, 2.05) is 43.0 Å². The van der Waals surface area contributed by atoms with E-state index in [1.54, 1.807) is 6.07 Å². The highest BCUT2D eigenvalue weighted by Gasteiger charge is 2.06. The molecule has 3 heteroatoms. The molecule has 0 bridgehead atoms. The van der Waals surface area contributed by atoms with Gasteiger partial charge in [-0.25, -0.2) is 0 Å². The van der Waals surface area contributed by atoms with Crippen molar-refractivity contribution in [3.8, 4) is 11.1 Å². The summed E-state index contributed by atoms with van der Waals surface area (Å²) in [5, 5.41) is 4.18. The SMILES string of the molecule is Cc1c(-c2cccc(C=O)c2)cnn1C. The van der Waals surface area contributed by atoms with E-state index in [0.717, 1.165) is 23.1 Å². The van der Waals surface area contributed by atoms with Crippen LogP contribution in [0.5, 0.6) is 0 Å². The van der Waals surface area contributed by atoms with E-state index >= 15 is 0 Å². The normalized spacial score (nSPS) is 10.3. The first kappa shape index (κ1) is 9.65. The maximum absolute atomic E-state index is 10.7. The Kier molecular flexibility index (Phi) is 2.37. The number of aromatic nitrogens is 2. The Balaban J connectivity index is 2.53. The van der Waals surface area contributed by atoms with Crippen LogP contribution in [0.3, 0.4) is 0 Å².